The van der Waals surface area contributed by atoms with Gasteiger partial charge in [-0.05, 0) is 58.2 Å². The molecule has 214 valence electrons. The van der Waals surface area contributed by atoms with Crippen molar-refractivity contribution in [3.8, 4) is 11.1 Å². The van der Waals surface area contributed by atoms with Gasteiger partial charge in [0.25, 0.3) is 0 Å². The van der Waals surface area contributed by atoms with E-state index in [0.717, 1.165) is 41.5 Å². The molecule has 0 spiro atoms. The minimum absolute atomic E-state index is 0.0514. The van der Waals surface area contributed by atoms with E-state index in [9.17, 15) is 9.59 Å². The minimum atomic E-state index is -0.849. The van der Waals surface area contributed by atoms with Gasteiger partial charge < -0.3 is 14.8 Å². The molecule has 0 aromatic heterocycles. The van der Waals surface area contributed by atoms with Gasteiger partial charge in [0.15, 0.2) is 0 Å². The maximum Gasteiger partial charge on any atom is 0.410 e. The number of carbonyl (C=O) groups is 2. The zero-order valence-corrected chi connectivity index (χ0v) is 23.9. The number of rotatable bonds is 9. The largest absolute Gasteiger partial charge is 0.448 e. The molecule has 2 aliphatic carbocycles. The van der Waals surface area contributed by atoms with Gasteiger partial charge >= 0.3 is 6.09 Å². The predicted molar refractivity (Wildman–Crippen MR) is 163 cm³/mol. The topological polar surface area (TPSA) is 67.9 Å². The molecule has 0 radical (unpaired) electrons. The number of amides is 2. The van der Waals surface area contributed by atoms with Gasteiger partial charge in [-0.15, -0.1) is 0 Å². The highest BCUT2D eigenvalue weighted by molar-refractivity contribution is 5.86. The molecule has 6 nitrogen and oxygen atoms in total. The lowest BCUT2D eigenvalue weighted by Gasteiger charge is -2.31. The zero-order valence-electron chi connectivity index (χ0n) is 23.9. The van der Waals surface area contributed by atoms with E-state index in [-0.39, 0.29) is 31.1 Å². The lowest BCUT2D eigenvalue weighted by molar-refractivity contribution is -0.128. The second-order valence-corrected chi connectivity index (χ2v) is 11.1. The highest BCUT2D eigenvalue weighted by Crippen LogP contribution is 2.44. The molecule has 0 heterocycles. The molecule has 0 saturated heterocycles. The van der Waals surface area contributed by atoms with Crippen molar-refractivity contribution in [1.82, 2.24) is 10.2 Å². The summed E-state index contributed by atoms with van der Waals surface area (Å²) in [7, 11) is 1.61. The van der Waals surface area contributed by atoms with Gasteiger partial charge in [0, 0.05) is 13.0 Å². The van der Waals surface area contributed by atoms with Crippen LogP contribution in [0.1, 0.15) is 52.6 Å². The van der Waals surface area contributed by atoms with Gasteiger partial charge in [-0.3, -0.25) is 9.69 Å². The van der Waals surface area contributed by atoms with Crippen molar-refractivity contribution in [2.45, 2.75) is 43.9 Å². The molecular weight excluding hydrogens is 524 g/mol. The Morgan fingerprint density at radius 2 is 1.45 bits per heavy atom. The lowest BCUT2D eigenvalue weighted by Crippen LogP contribution is -2.51. The summed E-state index contributed by atoms with van der Waals surface area (Å²) < 4.78 is 11.9. The van der Waals surface area contributed by atoms with Crippen LogP contribution in [0.3, 0.4) is 0 Å². The molecule has 2 atom stereocenters. The second kappa shape index (κ2) is 12.6. The first-order valence-electron chi connectivity index (χ1n) is 14.7. The van der Waals surface area contributed by atoms with Crippen molar-refractivity contribution in [2.24, 2.45) is 0 Å². The Balaban J connectivity index is 1.16. The number of benzene rings is 4. The van der Waals surface area contributed by atoms with Crippen LogP contribution in [0.5, 0.6) is 0 Å². The molecule has 42 heavy (non-hydrogen) atoms. The standard InChI is InChI=1S/C36H36N2O4/c1-38(36(40)42-23-32-30-19-9-7-17-28(30)29-18-8-10-20-31(29)32)34(24-41-22-25-12-3-2-4-13-25)35(39)37-33-21-11-15-26-14-5-6-16-27(26)33/h2-10,12-14,16-20,32-34H,11,15,21-24H2,1H3,(H,37,39)/t33?,34-/m0/s1. The first-order valence-corrected chi connectivity index (χ1v) is 14.7. The molecule has 1 N–H and O–H groups in total. The Kier molecular flexibility index (Phi) is 8.33. The van der Waals surface area contributed by atoms with E-state index >= 15 is 0 Å². The molecule has 0 bridgehead atoms. The van der Waals surface area contributed by atoms with Gasteiger partial charge in [0.05, 0.1) is 19.3 Å². The number of carbonyl (C=O) groups excluding carboxylic acids is 2. The Morgan fingerprint density at radius 3 is 2.17 bits per heavy atom. The molecule has 0 aliphatic heterocycles. The van der Waals surface area contributed by atoms with Crippen molar-refractivity contribution < 1.29 is 19.1 Å². The first kappa shape index (κ1) is 27.7. The molecule has 0 saturated carbocycles. The van der Waals surface area contributed by atoms with E-state index in [1.165, 1.54) is 21.6 Å². The van der Waals surface area contributed by atoms with Crippen molar-refractivity contribution in [3.05, 3.63) is 131 Å². The third-order valence-corrected chi connectivity index (χ3v) is 8.47. The van der Waals surface area contributed by atoms with E-state index < -0.39 is 12.1 Å². The van der Waals surface area contributed by atoms with Gasteiger partial charge in [-0.2, -0.15) is 0 Å². The van der Waals surface area contributed by atoms with E-state index in [0.29, 0.717) is 6.61 Å². The lowest BCUT2D eigenvalue weighted by atomic mass is 9.87. The normalized spacial score (nSPS) is 16.1. The third-order valence-electron chi connectivity index (χ3n) is 8.47. The molecule has 4 aromatic carbocycles. The van der Waals surface area contributed by atoms with Crippen LogP contribution < -0.4 is 5.32 Å². The number of ether oxygens (including phenoxy) is 2. The summed E-state index contributed by atoms with van der Waals surface area (Å²) in [4.78, 5) is 28.6. The van der Waals surface area contributed by atoms with Crippen molar-refractivity contribution >= 4 is 12.0 Å². The fourth-order valence-corrected chi connectivity index (χ4v) is 6.22. The highest BCUT2D eigenvalue weighted by Gasteiger charge is 2.33. The number of nitrogens with zero attached hydrogens (tertiary/aromatic N) is 1. The van der Waals surface area contributed by atoms with Crippen LogP contribution in [0.4, 0.5) is 4.79 Å². The molecule has 0 fully saturated rings. The molecule has 1 unspecified atom stereocenters. The van der Waals surface area contributed by atoms with Gasteiger partial charge in [0.2, 0.25) is 5.91 Å². The summed E-state index contributed by atoms with van der Waals surface area (Å²) in [6.07, 6.45) is 2.31. The van der Waals surface area contributed by atoms with Gasteiger partial charge in [-0.1, -0.05) is 103 Å². The van der Waals surface area contributed by atoms with Crippen molar-refractivity contribution in [2.75, 3.05) is 20.3 Å². The summed E-state index contributed by atoms with van der Waals surface area (Å²) in [6.45, 7) is 0.581. The first-order chi connectivity index (χ1) is 20.6. The van der Waals surface area contributed by atoms with E-state index in [2.05, 4.69) is 41.7 Å². The number of likely N-dealkylation sites (N-methyl/N-ethyl adjacent to an activating group) is 1. The number of fused-ring (bicyclic) bond motifs is 4. The second-order valence-electron chi connectivity index (χ2n) is 11.1. The van der Waals surface area contributed by atoms with Crippen LogP contribution in [-0.4, -0.2) is 43.2 Å². The van der Waals surface area contributed by atoms with Crippen LogP contribution in [-0.2, 0) is 27.3 Å². The van der Waals surface area contributed by atoms with E-state index in [1.54, 1.807) is 7.05 Å². The highest BCUT2D eigenvalue weighted by atomic mass is 16.6. The molecule has 6 heteroatoms. The van der Waals surface area contributed by atoms with Crippen LogP contribution in [0.25, 0.3) is 11.1 Å². The van der Waals surface area contributed by atoms with E-state index in [4.69, 9.17) is 9.47 Å². The average molecular weight is 561 g/mol. The predicted octanol–water partition coefficient (Wildman–Crippen LogP) is 6.65. The SMILES string of the molecule is CN(C(=O)OCC1c2ccccc2-c2ccccc21)[C@@H](COCc1ccccc1)C(=O)NC1CCCc2ccccc21. The third kappa shape index (κ3) is 5.81. The summed E-state index contributed by atoms with van der Waals surface area (Å²) in [5.74, 6) is -0.309. The van der Waals surface area contributed by atoms with Gasteiger partial charge in [0.1, 0.15) is 12.6 Å². The molecule has 2 amide bonds. The number of hydrogen-bond acceptors (Lipinski definition) is 4. The maximum atomic E-state index is 13.8. The Morgan fingerprint density at radius 1 is 0.833 bits per heavy atom. The number of hydrogen-bond donors (Lipinski definition) is 1. The number of nitrogens with one attached hydrogen (secondary N) is 1. The Bertz CT molecular complexity index is 1510. The van der Waals surface area contributed by atoms with Crippen molar-refractivity contribution in [3.63, 3.8) is 0 Å². The summed E-state index contributed by atoms with van der Waals surface area (Å²) >= 11 is 0. The monoisotopic (exact) mass is 560 g/mol. The Hall–Kier alpha value is -4.42. The average Bonchev–Trinajstić information content (AvgIpc) is 3.36. The summed E-state index contributed by atoms with van der Waals surface area (Å²) in [5.41, 5.74) is 8.03. The summed E-state index contributed by atoms with van der Waals surface area (Å²) in [6, 6.07) is 33.6. The fourth-order valence-electron chi connectivity index (χ4n) is 6.22. The fraction of sp³-hybridized carbons (Fsp3) is 0.278. The minimum Gasteiger partial charge on any atom is -0.448 e. The smallest absolute Gasteiger partial charge is 0.410 e. The number of aryl methyl sites for hydroxylation is 1. The van der Waals surface area contributed by atoms with Crippen molar-refractivity contribution in [1.29, 1.82) is 0 Å². The zero-order chi connectivity index (χ0) is 28.9. The molecule has 2 aliphatic rings. The van der Waals surface area contributed by atoms with Crippen LogP contribution in [0.2, 0.25) is 0 Å². The maximum absolute atomic E-state index is 13.8. The van der Waals surface area contributed by atoms with Crippen LogP contribution in [0.15, 0.2) is 103 Å². The van der Waals surface area contributed by atoms with Crippen LogP contribution >= 0.6 is 0 Å². The quantitative estimate of drug-likeness (QED) is 0.249. The Labute approximate surface area is 247 Å². The van der Waals surface area contributed by atoms with Crippen LogP contribution in [0, 0.1) is 0 Å². The summed E-state index contributed by atoms with van der Waals surface area (Å²) in [5, 5.41) is 3.21. The van der Waals surface area contributed by atoms with E-state index in [1.807, 2.05) is 66.7 Å². The van der Waals surface area contributed by atoms with Gasteiger partial charge in [-0.25, -0.2) is 4.79 Å². The molecular formula is C36H36N2O4. The molecule has 4 aromatic rings. The molecule has 6 rings (SSSR count).